The average Bonchev–Trinajstić information content (AvgIpc) is 2.37. The van der Waals surface area contributed by atoms with Crippen LogP contribution >= 0.6 is 0 Å². The number of nitrogens with two attached hydrogens (primary N) is 1. The Bertz CT molecular complexity index is 547. The lowest BCUT2D eigenvalue weighted by atomic mass is 9.85. The van der Waals surface area contributed by atoms with Crippen molar-refractivity contribution in [3.05, 3.63) is 18.3 Å². The van der Waals surface area contributed by atoms with Crippen LogP contribution in [0.4, 0.5) is 5.82 Å². The summed E-state index contributed by atoms with van der Waals surface area (Å²) in [5.74, 6) is 0.654. The first-order valence-electron chi connectivity index (χ1n) is 6.94. The van der Waals surface area contributed by atoms with Crippen LogP contribution < -0.4 is 11.1 Å². The van der Waals surface area contributed by atoms with E-state index >= 15 is 0 Å². The van der Waals surface area contributed by atoms with E-state index in [1.54, 1.807) is 12.1 Å². The van der Waals surface area contributed by atoms with Crippen LogP contribution in [0.15, 0.2) is 23.2 Å². The van der Waals surface area contributed by atoms with Crippen molar-refractivity contribution >= 4 is 15.8 Å². The van der Waals surface area contributed by atoms with Gasteiger partial charge in [-0.25, -0.2) is 17.7 Å². The zero-order valence-corrected chi connectivity index (χ0v) is 14.2. The molecule has 0 bridgehead atoms. The summed E-state index contributed by atoms with van der Waals surface area (Å²) in [6.45, 7) is 6.98. The predicted molar refractivity (Wildman–Crippen MR) is 85.6 cm³/mol. The van der Waals surface area contributed by atoms with E-state index in [0.29, 0.717) is 12.4 Å². The maximum atomic E-state index is 12.0. The topological polar surface area (TPSA) is 88.3 Å². The van der Waals surface area contributed by atoms with Crippen LogP contribution in [-0.2, 0) is 10.0 Å². The molecule has 1 heterocycles. The zero-order chi connectivity index (χ0) is 16.3. The van der Waals surface area contributed by atoms with Gasteiger partial charge in [-0.2, -0.15) is 0 Å². The zero-order valence-electron chi connectivity index (χ0n) is 13.4. The Morgan fingerprint density at radius 3 is 2.33 bits per heavy atom. The molecule has 0 amide bonds. The number of nitrogens with one attached hydrogen (secondary N) is 1. The summed E-state index contributed by atoms with van der Waals surface area (Å²) in [6, 6.07) is 3.42. The quantitative estimate of drug-likeness (QED) is 0.831. The highest BCUT2D eigenvalue weighted by Gasteiger charge is 2.24. The third kappa shape index (κ3) is 4.66. The molecule has 1 unspecified atom stereocenters. The standard InChI is InChI=1S/C14H26N4O2S/c1-14(2,3)12(8-9-15)17-13-7-6-11(10-16-13)21(19,20)18(4)5/h6-7,10,12H,8-9,15H2,1-5H3,(H,16,17). The third-order valence-corrected chi connectivity index (χ3v) is 5.14. The van der Waals surface area contributed by atoms with Crippen LogP contribution in [0.1, 0.15) is 27.2 Å². The second-order valence-electron chi connectivity index (χ2n) is 6.31. The normalized spacial score (nSPS) is 14.2. The smallest absolute Gasteiger partial charge is 0.244 e. The molecule has 0 aliphatic carbocycles. The van der Waals surface area contributed by atoms with Crippen molar-refractivity contribution in [3.8, 4) is 0 Å². The largest absolute Gasteiger partial charge is 0.367 e. The van der Waals surface area contributed by atoms with Gasteiger partial charge in [0.2, 0.25) is 10.0 Å². The molecule has 0 aromatic carbocycles. The van der Waals surface area contributed by atoms with Crippen LogP contribution in [0.5, 0.6) is 0 Å². The number of nitrogens with zero attached hydrogens (tertiary/aromatic N) is 2. The Morgan fingerprint density at radius 2 is 1.95 bits per heavy atom. The van der Waals surface area contributed by atoms with Gasteiger partial charge in [0.25, 0.3) is 0 Å². The number of sulfonamides is 1. The number of pyridine rings is 1. The van der Waals surface area contributed by atoms with Gasteiger partial charge in [0.05, 0.1) is 0 Å². The molecule has 1 aromatic rings. The van der Waals surface area contributed by atoms with Crippen molar-refractivity contribution in [3.63, 3.8) is 0 Å². The number of hydrogen-bond acceptors (Lipinski definition) is 5. The van der Waals surface area contributed by atoms with Gasteiger partial charge in [0.1, 0.15) is 10.7 Å². The van der Waals surface area contributed by atoms with Crippen molar-refractivity contribution in [2.24, 2.45) is 11.1 Å². The highest BCUT2D eigenvalue weighted by Crippen LogP contribution is 2.25. The Labute approximate surface area is 127 Å². The fourth-order valence-electron chi connectivity index (χ4n) is 1.90. The fourth-order valence-corrected chi connectivity index (χ4v) is 2.74. The van der Waals surface area contributed by atoms with Crippen molar-refractivity contribution in [2.75, 3.05) is 26.0 Å². The predicted octanol–water partition coefficient (Wildman–Crippen LogP) is 1.51. The monoisotopic (exact) mass is 314 g/mol. The van der Waals surface area contributed by atoms with Gasteiger partial charge in [-0.3, -0.25) is 0 Å². The minimum atomic E-state index is -3.44. The number of anilines is 1. The molecule has 21 heavy (non-hydrogen) atoms. The summed E-state index contributed by atoms with van der Waals surface area (Å²) in [7, 11) is -0.441. The second kappa shape index (κ2) is 6.72. The van der Waals surface area contributed by atoms with E-state index in [0.717, 1.165) is 6.42 Å². The fraction of sp³-hybridized carbons (Fsp3) is 0.643. The van der Waals surface area contributed by atoms with Gasteiger partial charge in [0.15, 0.2) is 0 Å². The first-order chi connectivity index (χ1) is 9.59. The lowest BCUT2D eigenvalue weighted by Gasteiger charge is -2.31. The summed E-state index contributed by atoms with van der Waals surface area (Å²) < 4.78 is 25.1. The summed E-state index contributed by atoms with van der Waals surface area (Å²) in [4.78, 5) is 4.39. The molecular formula is C14H26N4O2S. The Hall–Kier alpha value is -1.18. The SMILES string of the molecule is CN(C)S(=O)(=O)c1ccc(NC(CCN)C(C)(C)C)nc1. The molecule has 3 N–H and O–H groups in total. The van der Waals surface area contributed by atoms with E-state index in [1.807, 2.05) is 0 Å². The van der Waals surface area contributed by atoms with Crippen molar-refractivity contribution < 1.29 is 8.42 Å². The van der Waals surface area contributed by atoms with E-state index in [9.17, 15) is 8.42 Å². The molecule has 1 rings (SSSR count). The lowest BCUT2D eigenvalue weighted by molar-refractivity contribution is 0.328. The molecule has 0 saturated heterocycles. The van der Waals surface area contributed by atoms with E-state index in [1.165, 1.54) is 24.6 Å². The van der Waals surface area contributed by atoms with Crippen LogP contribution in [-0.4, -0.2) is 44.4 Å². The first kappa shape index (κ1) is 17.9. The highest BCUT2D eigenvalue weighted by atomic mass is 32.2. The summed E-state index contributed by atoms with van der Waals surface area (Å²) in [5.41, 5.74) is 5.69. The molecule has 0 spiro atoms. The second-order valence-corrected chi connectivity index (χ2v) is 8.46. The van der Waals surface area contributed by atoms with Crippen LogP contribution in [0, 0.1) is 5.41 Å². The van der Waals surface area contributed by atoms with Crippen LogP contribution in [0.25, 0.3) is 0 Å². The lowest BCUT2D eigenvalue weighted by Crippen LogP contribution is -2.36. The molecule has 6 nitrogen and oxygen atoms in total. The number of hydrogen-bond donors (Lipinski definition) is 2. The maximum Gasteiger partial charge on any atom is 0.244 e. The summed E-state index contributed by atoms with van der Waals surface area (Å²) in [5, 5.41) is 3.33. The summed E-state index contributed by atoms with van der Waals surface area (Å²) >= 11 is 0. The van der Waals surface area contributed by atoms with Gasteiger partial charge in [-0.15, -0.1) is 0 Å². The number of aromatic nitrogens is 1. The molecule has 7 heteroatoms. The van der Waals surface area contributed by atoms with Crippen LogP contribution in [0.2, 0.25) is 0 Å². The average molecular weight is 314 g/mol. The molecule has 0 saturated carbocycles. The molecule has 0 radical (unpaired) electrons. The minimum absolute atomic E-state index is 0.0371. The van der Waals surface area contributed by atoms with E-state index < -0.39 is 10.0 Å². The molecule has 0 fully saturated rings. The van der Waals surface area contributed by atoms with Crippen molar-refractivity contribution in [1.29, 1.82) is 0 Å². The maximum absolute atomic E-state index is 12.0. The van der Waals surface area contributed by atoms with E-state index in [-0.39, 0.29) is 16.4 Å². The number of rotatable bonds is 6. The van der Waals surface area contributed by atoms with Gasteiger partial charge in [0, 0.05) is 26.3 Å². The van der Waals surface area contributed by atoms with Crippen LogP contribution in [0.3, 0.4) is 0 Å². The van der Waals surface area contributed by atoms with Crippen molar-refractivity contribution in [2.45, 2.75) is 38.1 Å². The van der Waals surface area contributed by atoms with Crippen molar-refractivity contribution in [1.82, 2.24) is 9.29 Å². The van der Waals surface area contributed by atoms with Gasteiger partial charge in [-0.05, 0) is 30.5 Å². The van der Waals surface area contributed by atoms with E-state index in [2.05, 4.69) is 31.1 Å². The summed E-state index contributed by atoms with van der Waals surface area (Å²) in [6.07, 6.45) is 2.20. The van der Waals surface area contributed by atoms with E-state index in [4.69, 9.17) is 5.73 Å². The van der Waals surface area contributed by atoms with Gasteiger partial charge < -0.3 is 11.1 Å². The molecular weight excluding hydrogens is 288 g/mol. The van der Waals surface area contributed by atoms with Gasteiger partial charge in [-0.1, -0.05) is 20.8 Å². The molecule has 120 valence electrons. The first-order valence-corrected chi connectivity index (χ1v) is 8.38. The Kier molecular flexibility index (Phi) is 5.72. The third-order valence-electron chi connectivity index (χ3n) is 3.34. The van der Waals surface area contributed by atoms with Gasteiger partial charge >= 0.3 is 0 Å². The Morgan fingerprint density at radius 1 is 1.33 bits per heavy atom. The minimum Gasteiger partial charge on any atom is -0.367 e. The molecule has 1 atom stereocenters. The molecule has 0 aliphatic rings. The molecule has 1 aromatic heterocycles. The Balaban J connectivity index is 2.93. The molecule has 0 aliphatic heterocycles. The highest BCUT2D eigenvalue weighted by molar-refractivity contribution is 7.89.